The van der Waals surface area contributed by atoms with Gasteiger partial charge in [-0.1, -0.05) is 12.1 Å². The van der Waals surface area contributed by atoms with Gasteiger partial charge >= 0.3 is 6.03 Å². The van der Waals surface area contributed by atoms with Crippen molar-refractivity contribution in [2.75, 3.05) is 26.3 Å². The molecule has 1 saturated heterocycles. The zero-order valence-corrected chi connectivity index (χ0v) is 12.5. The molecule has 7 nitrogen and oxygen atoms in total. The summed E-state index contributed by atoms with van der Waals surface area (Å²) in [4.78, 5) is 17.9. The highest BCUT2D eigenvalue weighted by molar-refractivity contribution is 5.74. The van der Waals surface area contributed by atoms with E-state index < -0.39 is 0 Å². The van der Waals surface area contributed by atoms with Crippen LogP contribution in [0.2, 0.25) is 0 Å². The molecule has 2 heterocycles. The Morgan fingerprint density at radius 1 is 1.27 bits per heavy atom. The molecule has 116 valence electrons. The molecule has 2 aromatic rings. The van der Waals surface area contributed by atoms with E-state index in [1.54, 1.807) is 15.9 Å². The number of amides is 2. The molecule has 1 aromatic heterocycles. The van der Waals surface area contributed by atoms with Crippen molar-refractivity contribution in [2.45, 2.75) is 13.0 Å². The van der Waals surface area contributed by atoms with Gasteiger partial charge in [-0.05, 0) is 24.6 Å². The maximum atomic E-state index is 12.2. The lowest BCUT2D eigenvalue weighted by Crippen LogP contribution is -2.46. The van der Waals surface area contributed by atoms with E-state index in [1.165, 1.54) is 6.33 Å². The van der Waals surface area contributed by atoms with Crippen molar-refractivity contribution in [3.8, 4) is 5.69 Å². The Kier molecular flexibility index (Phi) is 4.34. The van der Waals surface area contributed by atoms with Gasteiger partial charge < -0.3 is 15.0 Å². The third-order valence-corrected chi connectivity index (χ3v) is 3.71. The summed E-state index contributed by atoms with van der Waals surface area (Å²) >= 11 is 0. The van der Waals surface area contributed by atoms with Gasteiger partial charge in [-0.2, -0.15) is 5.10 Å². The first kappa shape index (κ1) is 14.5. The minimum atomic E-state index is -0.0554. The lowest BCUT2D eigenvalue weighted by molar-refractivity contribution is 0.0526. The smallest absolute Gasteiger partial charge is 0.318 e. The molecule has 0 bridgehead atoms. The van der Waals surface area contributed by atoms with Crippen LogP contribution in [-0.2, 0) is 4.74 Å². The second kappa shape index (κ2) is 6.57. The summed E-state index contributed by atoms with van der Waals surface area (Å²) in [5.74, 6) is 0. The van der Waals surface area contributed by atoms with E-state index in [0.29, 0.717) is 26.3 Å². The summed E-state index contributed by atoms with van der Waals surface area (Å²) in [6.07, 6.45) is 3.15. The monoisotopic (exact) mass is 301 g/mol. The largest absolute Gasteiger partial charge is 0.378 e. The molecule has 1 aromatic carbocycles. The van der Waals surface area contributed by atoms with E-state index >= 15 is 0 Å². The number of ether oxygens (including phenoxy) is 1. The molecule has 1 unspecified atom stereocenters. The normalized spacial score (nSPS) is 16.3. The molecule has 7 heteroatoms. The molecule has 1 aliphatic heterocycles. The molecule has 1 N–H and O–H groups in total. The van der Waals surface area contributed by atoms with E-state index in [4.69, 9.17) is 4.74 Å². The molecule has 22 heavy (non-hydrogen) atoms. The number of nitrogens with one attached hydrogen (secondary N) is 1. The summed E-state index contributed by atoms with van der Waals surface area (Å²) in [7, 11) is 0. The lowest BCUT2D eigenvalue weighted by atomic mass is 10.1. The number of hydrogen-bond acceptors (Lipinski definition) is 4. The number of benzene rings is 1. The maximum Gasteiger partial charge on any atom is 0.318 e. The van der Waals surface area contributed by atoms with Crippen molar-refractivity contribution in [3.05, 3.63) is 42.5 Å². The van der Waals surface area contributed by atoms with Crippen LogP contribution < -0.4 is 5.32 Å². The van der Waals surface area contributed by atoms with Crippen molar-refractivity contribution >= 4 is 6.03 Å². The Balaban J connectivity index is 1.62. The van der Waals surface area contributed by atoms with Crippen molar-refractivity contribution < 1.29 is 9.53 Å². The SMILES string of the molecule is CC(NC(=O)N1CCOCC1)c1ccc(-n2cncn2)cc1. The lowest BCUT2D eigenvalue weighted by Gasteiger charge is -2.28. The molecule has 0 spiro atoms. The fourth-order valence-electron chi connectivity index (χ4n) is 2.38. The van der Waals surface area contributed by atoms with Gasteiger partial charge in [-0.25, -0.2) is 14.5 Å². The number of urea groups is 1. The maximum absolute atomic E-state index is 12.2. The topological polar surface area (TPSA) is 72.3 Å². The van der Waals surface area contributed by atoms with E-state index in [-0.39, 0.29) is 12.1 Å². The minimum Gasteiger partial charge on any atom is -0.378 e. The summed E-state index contributed by atoms with van der Waals surface area (Å²) in [5.41, 5.74) is 1.98. The average molecular weight is 301 g/mol. The van der Waals surface area contributed by atoms with E-state index in [9.17, 15) is 4.79 Å². The van der Waals surface area contributed by atoms with Gasteiger partial charge in [0.2, 0.25) is 0 Å². The van der Waals surface area contributed by atoms with Crippen LogP contribution in [0.5, 0.6) is 0 Å². The van der Waals surface area contributed by atoms with Crippen LogP contribution >= 0.6 is 0 Å². The van der Waals surface area contributed by atoms with Crippen molar-refractivity contribution in [1.82, 2.24) is 25.0 Å². The molecule has 0 radical (unpaired) electrons. The number of rotatable bonds is 3. The Morgan fingerprint density at radius 2 is 2.00 bits per heavy atom. The Hall–Kier alpha value is -2.41. The standard InChI is InChI=1S/C15H19N5O2/c1-12(18-15(21)19-6-8-22-9-7-19)13-2-4-14(5-3-13)20-11-16-10-17-20/h2-5,10-12H,6-9H2,1H3,(H,18,21). The van der Waals surface area contributed by atoms with Crippen LogP contribution in [0, 0.1) is 0 Å². The highest BCUT2D eigenvalue weighted by Crippen LogP contribution is 2.15. The van der Waals surface area contributed by atoms with Gasteiger partial charge in [0.1, 0.15) is 12.7 Å². The number of aromatic nitrogens is 3. The minimum absolute atomic E-state index is 0.0452. The fraction of sp³-hybridized carbons (Fsp3) is 0.400. The van der Waals surface area contributed by atoms with Crippen LogP contribution in [0.15, 0.2) is 36.9 Å². The van der Waals surface area contributed by atoms with Crippen LogP contribution in [-0.4, -0.2) is 52.0 Å². The molecule has 1 atom stereocenters. The summed E-state index contributed by atoms with van der Waals surface area (Å²) in [6, 6.07) is 7.79. The van der Waals surface area contributed by atoms with Gasteiger partial charge in [0.05, 0.1) is 24.9 Å². The molecular weight excluding hydrogens is 282 g/mol. The molecule has 0 saturated carbocycles. The Labute approximate surface area is 128 Å². The third kappa shape index (κ3) is 3.25. The van der Waals surface area contributed by atoms with Gasteiger partial charge in [0.25, 0.3) is 0 Å². The first-order chi connectivity index (χ1) is 10.7. The predicted molar refractivity (Wildman–Crippen MR) is 80.7 cm³/mol. The van der Waals surface area contributed by atoms with Crippen LogP contribution in [0.1, 0.15) is 18.5 Å². The fourth-order valence-corrected chi connectivity index (χ4v) is 2.38. The zero-order chi connectivity index (χ0) is 15.4. The van der Waals surface area contributed by atoms with Crippen LogP contribution in [0.25, 0.3) is 5.69 Å². The van der Waals surface area contributed by atoms with E-state index in [2.05, 4.69) is 15.4 Å². The van der Waals surface area contributed by atoms with Crippen LogP contribution in [0.3, 0.4) is 0 Å². The van der Waals surface area contributed by atoms with E-state index in [0.717, 1.165) is 11.3 Å². The van der Waals surface area contributed by atoms with E-state index in [1.807, 2.05) is 31.2 Å². The molecule has 1 fully saturated rings. The molecule has 3 rings (SSSR count). The number of carbonyl (C=O) groups excluding carboxylic acids is 1. The quantitative estimate of drug-likeness (QED) is 0.929. The number of hydrogen-bond donors (Lipinski definition) is 1. The highest BCUT2D eigenvalue weighted by Gasteiger charge is 2.18. The molecule has 2 amide bonds. The Morgan fingerprint density at radius 3 is 2.64 bits per heavy atom. The second-order valence-corrected chi connectivity index (χ2v) is 5.20. The number of morpholine rings is 1. The van der Waals surface area contributed by atoms with Gasteiger partial charge in [-0.3, -0.25) is 0 Å². The zero-order valence-electron chi connectivity index (χ0n) is 12.5. The highest BCUT2D eigenvalue weighted by atomic mass is 16.5. The van der Waals surface area contributed by atoms with Gasteiger partial charge in [-0.15, -0.1) is 0 Å². The number of carbonyl (C=O) groups is 1. The summed E-state index contributed by atoms with van der Waals surface area (Å²) in [5, 5.41) is 7.10. The third-order valence-electron chi connectivity index (χ3n) is 3.71. The number of nitrogens with zero attached hydrogens (tertiary/aromatic N) is 4. The van der Waals surface area contributed by atoms with Crippen LogP contribution in [0.4, 0.5) is 4.79 Å². The van der Waals surface area contributed by atoms with Crippen molar-refractivity contribution in [2.24, 2.45) is 0 Å². The summed E-state index contributed by atoms with van der Waals surface area (Å²) < 4.78 is 6.95. The predicted octanol–water partition coefficient (Wildman–Crippen LogP) is 1.37. The Bertz CT molecular complexity index is 605. The average Bonchev–Trinajstić information content (AvgIpc) is 3.10. The molecule has 0 aliphatic carbocycles. The first-order valence-electron chi connectivity index (χ1n) is 7.32. The summed E-state index contributed by atoms with van der Waals surface area (Å²) in [6.45, 7) is 4.47. The molecular formula is C15H19N5O2. The van der Waals surface area contributed by atoms with Gasteiger partial charge in [0, 0.05) is 13.1 Å². The second-order valence-electron chi connectivity index (χ2n) is 5.20. The van der Waals surface area contributed by atoms with Gasteiger partial charge in [0.15, 0.2) is 0 Å². The first-order valence-corrected chi connectivity index (χ1v) is 7.32. The van der Waals surface area contributed by atoms with Crippen molar-refractivity contribution in [1.29, 1.82) is 0 Å². The van der Waals surface area contributed by atoms with Crippen molar-refractivity contribution in [3.63, 3.8) is 0 Å². The molecule has 1 aliphatic rings.